The first-order valence-electron chi connectivity index (χ1n) is 10.4. The fraction of sp³-hybridized carbons (Fsp3) is 0.115. The molecule has 34 heavy (non-hydrogen) atoms. The molecule has 0 aliphatic heterocycles. The number of hydrogen-bond acceptors (Lipinski definition) is 5. The molecule has 6 nitrogen and oxygen atoms in total. The Balaban J connectivity index is 1.50. The molecule has 0 fully saturated rings. The summed E-state index contributed by atoms with van der Waals surface area (Å²) in [6.07, 6.45) is 1.53. The Bertz CT molecular complexity index is 1300. The molecule has 3 aromatic carbocycles. The van der Waals surface area contributed by atoms with Crippen LogP contribution in [0, 0.1) is 0 Å². The topological polar surface area (TPSA) is 81.7 Å². The number of fused-ring (bicyclic) bond motifs is 1. The molecule has 0 unspecified atom stereocenters. The number of allylic oxidation sites excluding steroid dienone is 1. The second-order valence-electron chi connectivity index (χ2n) is 7.36. The molecule has 0 spiro atoms. The molecule has 0 bridgehead atoms. The fourth-order valence-electron chi connectivity index (χ4n) is 3.49. The van der Waals surface area contributed by atoms with E-state index in [2.05, 4.69) is 5.32 Å². The van der Waals surface area contributed by atoms with Gasteiger partial charge in [0.2, 0.25) is 0 Å². The first-order chi connectivity index (χ1) is 16.4. The fourth-order valence-corrected chi connectivity index (χ4v) is 3.95. The minimum Gasteiger partial charge on any atom is -0.490 e. The maximum absolute atomic E-state index is 12.7. The van der Waals surface area contributed by atoms with E-state index in [0.29, 0.717) is 50.5 Å². The first kappa shape index (κ1) is 23.5. The smallest absolute Gasteiger partial charge is 0.262 e. The molecular weight excluding hydrogens is 477 g/mol. The van der Waals surface area contributed by atoms with E-state index < -0.39 is 5.91 Å². The number of hydrogen-bond donors (Lipinski definition) is 1. The van der Waals surface area contributed by atoms with Gasteiger partial charge in [-0.3, -0.25) is 14.4 Å². The van der Waals surface area contributed by atoms with Crippen molar-refractivity contribution >= 4 is 52.4 Å². The number of halogens is 2. The van der Waals surface area contributed by atoms with Crippen LogP contribution in [0.5, 0.6) is 11.5 Å². The molecule has 0 saturated heterocycles. The lowest BCUT2D eigenvalue weighted by molar-refractivity contribution is -0.118. The van der Waals surface area contributed by atoms with Gasteiger partial charge in [0.15, 0.2) is 29.7 Å². The van der Waals surface area contributed by atoms with E-state index in [1.54, 1.807) is 54.6 Å². The highest BCUT2D eigenvalue weighted by Crippen LogP contribution is 2.32. The number of carbonyl (C=O) groups is 3. The van der Waals surface area contributed by atoms with Gasteiger partial charge in [-0.2, -0.15) is 0 Å². The molecule has 1 amide bonds. The van der Waals surface area contributed by atoms with E-state index in [-0.39, 0.29) is 23.7 Å². The second-order valence-corrected chi connectivity index (χ2v) is 8.21. The van der Waals surface area contributed by atoms with Gasteiger partial charge in [0.1, 0.15) is 0 Å². The van der Waals surface area contributed by atoms with Gasteiger partial charge in [0, 0.05) is 16.1 Å². The zero-order valence-corrected chi connectivity index (χ0v) is 19.6. The zero-order chi connectivity index (χ0) is 24.2. The van der Waals surface area contributed by atoms with Gasteiger partial charge in [-0.25, -0.2) is 0 Å². The highest BCUT2D eigenvalue weighted by Gasteiger charge is 2.32. The van der Waals surface area contributed by atoms with Gasteiger partial charge in [-0.1, -0.05) is 53.5 Å². The Kier molecular flexibility index (Phi) is 7.01. The van der Waals surface area contributed by atoms with Crippen LogP contribution in [-0.2, 0) is 4.79 Å². The molecule has 4 rings (SSSR count). The van der Waals surface area contributed by atoms with Crippen molar-refractivity contribution < 1.29 is 23.9 Å². The minimum atomic E-state index is -0.419. The van der Waals surface area contributed by atoms with E-state index in [0.717, 1.165) is 0 Å². The maximum atomic E-state index is 12.7. The molecule has 8 heteroatoms. The average Bonchev–Trinajstić information content (AvgIpc) is 3.06. The van der Waals surface area contributed by atoms with Gasteiger partial charge >= 0.3 is 0 Å². The van der Waals surface area contributed by atoms with Crippen LogP contribution < -0.4 is 14.8 Å². The summed E-state index contributed by atoms with van der Waals surface area (Å²) in [6, 6.07) is 16.4. The number of benzene rings is 3. The standard InChI is InChI=1S/C26H19Cl2NO5/c1-2-33-23-12-15(11-19-25(31)17-5-3-4-6-18(17)26(19)32)7-10-22(23)34-14-24(30)29-21-9-8-16(27)13-20(21)28/h3-13H,2,14H2,1H3,(H,29,30). The molecule has 172 valence electrons. The van der Waals surface area contributed by atoms with Crippen LogP contribution in [0.25, 0.3) is 6.08 Å². The third-order valence-electron chi connectivity index (χ3n) is 5.05. The first-order valence-corrected chi connectivity index (χ1v) is 11.2. The second kappa shape index (κ2) is 10.1. The summed E-state index contributed by atoms with van der Waals surface area (Å²) in [6.45, 7) is 1.88. The minimum absolute atomic E-state index is 0.0940. The number of ether oxygens (including phenoxy) is 2. The van der Waals surface area contributed by atoms with E-state index in [4.69, 9.17) is 32.7 Å². The lowest BCUT2D eigenvalue weighted by Crippen LogP contribution is -2.20. The van der Waals surface area contributed by atoms with Crippen LogP contribution in [0.4, 0.5) is 5.69 Å². The van der Waals surface area contributed by atoms with Crippen LogP contribution in [-0.4, -0.2) is 30.7 Å². The number of Topliss-reactive ketones (excluding diaryl/α,β-unsaturated/α-hetero) is 2. The predicted molar refractivity (Wildman–Crippen MR) is 131 cm³/mol. The van der Waals surface area contributed by atoms with Crippen LogP contribution in [0.3, 0.4) is 0 Å². The van der Waals surface area contributed by atoms with Crippen LogP contribution in [0.2, 0.25) is 10.0 Å². The highest BCUT2D eigenvalue weighted by atomic mass is 35.5. The van der Waals surface area contributed by atoms with Crippen LogP contribution in [0.15, 0.2) is 66.2 Å². The van der Waals surface area contributed by atoms with Crippen LogP contribution >= 0.6 is 23.2 Å². The summed E-state index contributed by atoms with van der Waals surface area (Å²) in [5.74, 6) is -0.316. The zero-order valence-electron chi connectivity index (χ0n) is 18.1. The molecule has 0 aromatic heterocycles. The monoisotopic (exact) mass is 495 g/mol. The number of carbonyl (C=O) groups excluding carboxylic acids is 3. The molecule has 0 saturated carbocycles. The van der Waals surface area contributed by atoms with Crippen molar-refractivity contribution in [2.24, 2.45) is 0 Å². The summed E-state index contributed by atoms with van der Waals surface area (Å²) in [4.78, 5) is 37.6. The summed E-state index contributed by atoms with van der Waals surface area (Å²) in [5.41, 5.74) is 1.90. The van der Waals surface area contributed by atoms with E-state index in [1.165, 1.54) is 12.1 Å². The Hall–Kier alpha value is -3.61. The molecule has 0 heterocycles. The Labute approximate surface area is 206 Å². The van der Waals surface area contributed by atoms with Crippen LogP contribution in [0.1, 0.15) is 33.2 Å². The third kappa shape index (κ3) is 4.98. The van der Waals surface area contributed by atoms with Gasteiger partial charge < -0.3 is 14.8 Å². The summed E-state index contributed by atoms with van der Waals surface area (Å²) in [7, 11) is 0. The third-order valence-corrected chi connectivity index (χ3v) is 5.60. The van der Waals surface area contributed by atoms with E-state index in [9.17, 15) is 14.4 Å². The molecule has 0 radical (unpaired) electrons. The molecule has 0 atom stereocenters. The molecule has 1 aliphatic rings. The molecular formula is C26H19Cl2NO5. The van der Waals surface area contributed by atoms with Gasteiger partial charge in [-0.15, -0.1) is 0 Å². The predicted octanol–water partition coefficient (Wildman–Crippen LogP) is 5.87. The molecule has 3 aromatic rings. The van der Waals surface area contributed by atoms with Crippen molar-refractivity contribution in [3.8, 4) is 11.5 Å². The van der Waals surface area contributed by atoms with Crippen molar-refractivity contribution in [3.05, 3.63) is 93.0 Å². The number of nitrogens with one attached hydrogen (secondary N) is 1. The Morgan fingerprint density at radius 2 is 1.62 bits per heavy atom. The highest BCUT2D eigenvalue weighted by molar-refractivity contribution is 6.41. The number of ketones is 2. The van der Waals surface area contributed by atoms with Crippen molar-refractivity contribution in [3.63, 3.8) is 0 Å². The Morgan fingerprint density at radius 3 is 2.26 bits per heavy atom. The largest absolute Gasteiger partial charge is 0.490 e. The van der Waals surface area contributed by atoms with Crippen molar-refractivity contribution in [1.82, 2.24) is 0 Å². The normalized spacial score (nSPS) is 12.4. The van der Waals surface area contributed by atoms with Crippen molar-refractivity contribution in [2.45, 2.75) is 6.92 Å². The lowest BCUT2D eigenvalue weighted by Gasteiger charge is -2.13. The SMILES string of the molecule is CCOc1cc(C=C2C(=O)c3ccccc3C2=O)ccc1OCC(=O)Nc1ccc(Cl)cc1Cl. The van der Waals surface area contributed by atoms with Gasteiger partial charge in [0.05, 0.1) is 22.9 Å². The quantitative estimate of drug-likeness (QED) is 0.327. The lowest BCUT2D eigenvalue weighted by atomic mass is 10.1. The summed E-state index contributed by atoms with van der Waals surface area (Å²) >= 11 is 12.0. The van der Waals surface area contributed by atoms with Crippen molar-refractivity contribution in [1.29, 1.82) is 0 Å². The molecule has 1 N–H and O–H groups in total. The van der Waals surface area contributed by atoms with Gasteiger partial charge in [0.25, 0.3) is 5.91 Å². The number of amides is 1. The number of anilines is 1. The van der Waals surface area contributed by atoms with E-state index in [1.807, 2.05) is 6.92 Å². The average molecular weight is 496 g/mol. The van der Waals surface area contributed by atoms with Crippen molar-refractivity contribution in [2.75, 3.05) is 18.5 Å². The Morgan fingerprint density at radius 1 is 0.912 bits per heavy atom. The number of rotatable bonds is 7. The maximum Gasteiger partial charge on any atom is 0.262 e. The van der Waals surface area contributed by atoms with Gasteiger partial charge in [-0.05, 0) is 48.9 Å². The summed E-state index contributed by atoms with van der Waals surface area (Å²) in [5, 5.41) is 3.43. The molecule has 1 aliphatic carbocycles. The summed E-state index contributed by atoms with van der Waals surface area (Å²) < 4.78 is 11.3. The van der Waals surface area contributed by atoms with E-state index >= 15 is 0 Å².